The van der Waals surface area contributed by atoms with Crippen LogP contribution in [-0.2, 0) is 5.54 Å². The quantitative estimate of drug-likeness (QED) is 0.394. The summed E-state index contributed by atoms with van der Waals surface area (Å²) in [6, 6.07) is 14.5. The summed E-state index contributed by atoms with van der Waals surface area (Å²) in [5, 5.41) is 10.8. The smallest absolute Gasteiger partial charge is 0.343 e. The molecule has 0 atom stereocenters. The molecule has 0 saturated carbocycles. The van der Waals surface area contributed by atoms with Crippen molar-refractivity contribution in [3.63, 3.8) is 0 Å². The van der Waals surface area contributed by atoms with Gasteiger partial charge < -0.3 is 24.5 Å². The Labute approximate surface area is 205 Å². The van der Waals surface area contributed by atoms with Gasteiger partial charge in [0.15, 0.2) is 5.76 Å². The van der Waals surface area contributed by atoms with Gasteiger partial charge in [0.05, 0.1) is 25.8 Å². The van der Waals surface area contributed by atoms with Crippen LogP contribution in [0.25, 0.3) is 22.6 Å². The largest absolute Gasteiger partial charge is 0.497 e. The highest BCUT2D eigenvalue weighted by atomic mass is 16.5. The summed E-state index contributed by atoms with van der Waals surface area (Å²) < 4.78 is 16.9. The molecule has 1 aliphatic heterocycles. The summed E-state index contributed by atoms with van der Waals surface area (Å²) in [4.78, 5) is 19.0. The summed E-state index contributed by atoms with van der Waals surface area (Å²) in [5.41, 5.74) is 8.35. The number of hydrogen-bond donors (Lipinski definition) is 2. The number of carbonyl (C=O) groups excluding carboxylic acids is 1. The molecular weight excluding hydrogens is 448 g/mol. The number of urea groups is 1. The van der Waals surface area contributed by atoms with Gasteiger partial charge in [-0.3, -0.25) is 5.21 Å². The molecule has 4 rings (SSSR count). The van der Waals surface area contributed by atoms with Crippen LogP contribution in [-0.4, -0.2) is 59.5 Å². The first-order valence-electron chi connectivity index (χ1n) is 11.6. The van der Waals surface area contributed by atoms with E-state index >= 15 is 0 Å². The number of methoxy groups -OCH3 is 2. The molecule has 2 aromatic carbocycles. The van der Waals surface area contributed by atoms with Crippen LogP contribution in [0.4, 0.5) is 4.79 Å². The number of benzene rings is 2. The first-order valence-corrected chi connectivity index (χ1v) is 11.6. The molecule has 3 N–H and O–H groups in total. The summed E-state index contributed by atoms with van der Waals surface area (Å²) >= 11 is 0. The van der Waals surface area contributed by atoms with E-state index in [2.05, 4.69) is 0 Å². The highest BCUT2D eigenvalue weighted by Crippen LogP contribution is 2.39. The maximum atomic E-state index is 12.5. The fourth-order valence-electron chi connectivity index (χ4n) is 4.09. The first kappa shape index (κ1) is 24.6. The van der Waals surface area contributed by atoms with E-state index in [1.54, 1.807) is 33.0 Å². The molecule has 2 heterocycles. The second kappa shape index (κ2) is 9.97. The molecule has 1 fully saturated rings. The van der Waals surface area contributed by atoms with Crippen LogP contribution < -0.4 is 15.2 Å². The Morgan fingerprint density at radius 3 is 2.03 bits per heavy atom. The van der Waals surface area contributed by atoms with Gasteiger partial charge in [0.25, 0.3) is 0 Å². The number of rotatable bonds is 6. The Morgan fingerprint density at radius 1 is 1.03 bits per heavy atom. The van der Waals surface area contributed by atoms with Gasteiger partial charge in [-0.2, -0.15) is 0 Å². The zero-order valence-electron chi connectivity index (χ0n) is 20.5. The fourth-order valence-corrected chi connectivity index (χ4v) is 4.09. The topological polar surface area (TPSA) is 114 Å². The van der Waals surface area contributed by atoms with E-state index in [1.165, 1.54) is 0 Å². The molecule has 1 aromatic heterocycles. The van der Waals surface area contributed by atoms with E-state index in [1.807, 2.05) is 48.5 Å². The Bertz CT molecular complexity index is 1080. The van der Waals surface area contributed by atoms with E-state index in [0.29, 0.717) is 43.3 Å². The van der Waals surface area contributed by atoms with Crippen molar-refractivity contribution in [1.29, 1.82) is 0 Å². The molecule has 1 aliphatic rings. The minimum absolute atomic E-state index is 0.307. The predicted octanol–water partition coefficient (Wildman–Crippen LogP) is 4.50. The van der Waals surface area contributed by atoms with Crippen LogP contribution in [0.3, 0.4) is 0 Å². The van der Waals surface area contributed by atoms with Crippen molar-refractivity contribution in [2.75, 3.05) is 27.3 Å². The highest BCUT2D eigenvalue weighted by molar-refractivity contribution is 5.77. The Balaban J connectivity index is 1.66. The van der Waals surface area contributed by atoms with Crippen molar-refractivity contribution >= 4 is 6.03 Å². The Kier molecular flexibility index (Phi) is 7.00. The number of nitrogens with two attached hydrogens (primary N) is 1. The summed E-state index contributed by atoms with van der Waals surface area (Å²) in [6.07, 6.45) is 0.907. The number of oxazole rings is 1. The molecule has 9 nitrogen and oxygen atoms in total. The first-order chi connectivity index (χ1) is 16.8. The molecule has 2 amide bonds. The van der Waals surface area contributed by atoms with Crippen LogP contribution in [0, 0.1) is 0 Å². The lowest BCUT2D eigenvalue weighted by atomic mass is 9.88. The Morgan fingerprint density at radius 2 is 1.54 bits per heavy atom. The van der Waals surface area contributed by atoms with Crippen LogP contribution in [0.1, 0.15) is 32.6 Å². The summed E-state index contributed by atoms with van der Waals surface area (Å²) in [5.74, 6) is 2.52. The monoisotopic (exact) mass is 480 g/mol. The second-order valence-corrected chi connectivity index (χ2v) is 9.02. The molecule has 1 saturated heterocycles. The standard InChI is InChI=1S/C26H32N4O5/c1-17(2)30(32)25(31)29-15-13-26(27,14-16-29)24-28-22(18-5-9-20(33-3)10-6-18)23(35-24)19-7-11-21(34-4)12-8-19/h5-12,17,32H,13-16,27H2,1-4H3. The molecule has 0 aliphatic carbocycles. The number of hydroxylamine groups is 2. The molecule has 0 radical (unpaired) electrons. The lowest BCUT2D eigenvalue weighted by molar-refractivity contribution is -0.0826. The molecule has 3 aromatic rings. The zero-order chi connectivity index (χ0) is 25.2. The second-order valence-electron chi connectivity index (χ2n) is 9.02. The van der Waals surface area contributed by atoms with Crippen molar-refractivity contribution < 1.29 is 23.9 Å². The van der Waals surface area contributed by atoms with Crippen molar-refractivity contribution in [3.8, 4) is 34.1 Å². The number of likely N-dealkylation sites (tertiary alicyclic amines) is 1. The number of hydrogen-bond acceptors (Lipinski definition) is 7. The molecular formula is C26H32N4O5. The average molecular weight is 481 g/mol. The third-order valence-corrected chi connectivity index (χ3v) is 6.38. The van der Waals surface area contributed by atoms with Crippen LogP contribution in [0.2, 0.25) is 0 Å². The highest BCUT2D eigenvalue weighted by Gasteiger charge is 2.40. The molecule has 0 bridgehead atoms. The van der Waals surface area contributed by atoms with Gasteiger partial charge in [0.2, 0.25) is 5.89 Å². The van der Waals surface area contributed by atoms with Gasteiger partial charge in [0, 0.05) is 24.2 Å². The van der Waals surface area contributed by atoms with E-state index in [0.717, 1.165) is 27.7 Å². The normalized spacial score (nSPS) is 15.2. The van der Waals surface area contributed by atoms with E-state index in [-0.39, 0.29) is 6.04 Å². The van der Waals surface area contributed by atoms with Gasteiger partial charge in [-0.1, -0.05) is 0 Å². The lowest BCUT2D eigenvalue weighted by Crippen LogP contribution is -2.53. The van der Waals surface area contributed by atoms with Crippen molar-refractivity contribution in [2.45, 2.75) is 38.3 Å². The fraction of sp³-hybridized carbons (Fsp3) is 0.385. The number of aromatic nitrogens is 1. The summed E-state index contributed by atoms with van der Waals surface area (Å²) in [6.45, 7) is 4.28. The number of ether oxygens (including phenoxy) is 2. The van der Waals surface area contributed by atoms with Crippen molar-refractivity contribution in [3.05, 3.63) is 54.4 Å². The number of nitrogens with zero attached hydrogens (tertiary/aromatic N) is 3. The van der Waals surface area contributed by atoms with Crippen LogP contribution in [0.15, 0.2) is 52.9 Å². The molecule has 35 heavy (non-hydrogen) atoms. The molecule has 0 spiro atoms. The predicted molar refractivity (Wildman–Crippen MR) is 131 cm³/mol. The van der Waals surface area contributed by atoms with Crippen molar-refractivity contribution in [1.82, 2.24) is 14.9 Å². The van der Waals surface area contributed by atoms with Crippen molar-refractivity contribution in [2.24, 2.45) is 5.73 Å². The van der Waals surface area contributed by atoms with Crippen LogP contribution >= 0.6 is 0 Å². The molecule has 0 unspecified atom stereocenters. The minimum Gasteiger partial charge on any atom is -0.497 e. The molecule has 9 heteroatoms. The minimum atomic E-state index is -0.846. The Hall–Kier alpha value is -3.56. The van der Waals surface area contributed by atoms with Gasteiger partial charge in [-0.05, 0) is 75.2 Å². The SMILES string of the molecule is COc1ccc(-c2nc(C3(N)CCN(C(=O)N(O)C(C)C)CC3)oc2-c2ccc(OC)cc2)cc1. The van der Waals surface area contributed by atoms with E-state index < -0.39 is 11.6 Å². The van der Waals surface area contributed by atoms with Gasteiger partial charge in [-0.15, -0.1) is 0 Å². The average Bonchev–Trinajstić information content (AvgIpc) is 3.35. The van der Waals surface area contributed by atoms with Gasteiger partial charge in [0.1, 0.15) is 17.2 Å². The van der Waals surface area contributed by atoms with E-state index in [9.17, 15) is 10.0 Å². The molecule has 186 valence electrons. The van der Waals surface area contributed by atoms with Gasteiger partial charge in [-0.25, -0.2) is 14.8 Å². The third kappa shape index (κ3) is 4.96. The summed E-state index contributed by atoms with van der Waals surface area (Å²) in [7, 11) is 3.25. The van der Waals surface area contributed by atoms with Crippen LogP contribution in [0.5, 0.6) is 11.5 Å². The zero-order valence-corrected chi connectivity index (χ0v) is 20.5. The lowest BCUT2D eigenvalue weighted by Gasteiger charge is -2.38. The number of piperidine rings is 1. The third-order valence-electron chi connectivity index (χ3n) is 6.38. The maximum absolute atomic E-state index is 12.5. The number of carbonyl (C=O) groups is 1. The van der Waals surface area contributed by atoms with Gasteiger partial charge >= 0.3 is 6.03 Å². The van der Waals surface area contributed by atoms with E-state index in [4.69, 9.17) is 24.6 Å². The maximum Gasteiger partial charge on any atom is 0.343 e. The number of amides is 2.